The number of aliphatic hydroxyl groups excluding tert-OH is 1. The SMILES string of the molecule is COc1ccc(C2(C(=O)N3CCC(O)C3)CCC(F)(F)CC2)cc1. The van der Waals surface area contributed by atoms with Crippen molar-refractivity contribution in [3.8, 4) is 5.75 Å². The Hall–Kier alpha value is -1.69. The number of hydrogen-bond donors (Lipinski definition) is 1. The lowest BCUT2D eigenvalue weighted by atomic mass is 9.67. The second-order valence-corrected chi connectivity index (χ2v) is 6.86. The Morgan fingerprint density at radius 2 is 1.83 bits per heavy atom. The third-order valence-corrected chi connectivity index (χ3v) is 5.34. The standard InChI is InChI=1S/C18H23F2NO3/c1-24-15-4-2-13(3-5-15)17(7-9-18(19,20)10-8-17)16(23)21-11-6-14(22)12-21/h2-5,14,22H,6-12H2,1H3. The Kier molecular flexibility index (Phi) is 4.51. The number of likely N-dealkylation sites (tertiary alicyclic amines) is 1. The number of rotatable bonds is 3. The van der Waals surface area contributed by atoms with Crippen molar-refractivity contribution in [1.82, 2.24) is 4.90 Å². The third kappa shape index (κ3) is 3.11. The van der Waals surface area contributed by atoms with Crippen LogP contribution >= 0.6 is 0 Å². The minimum Gasteiger partial charge on any atom is -0.497 e. The normalized spacial score (nSPS) is 25.5. The van der Waals surface area contributed by atoms with Gasteiger partial charge in [0.2, 0.25) is 11.8 Å². The maximum atomic E-state index is 13.7. The second-order valence-electron chi connectivity index (χ2n) is 6.86. The summed E-state index contributed by atoms with van der Waals surface area (Å²) in [5, 5.41) is 9.72. The summed E-state index contributed by atoms with van der Waals surface area (Å²) in [4.78, 5) is 14.8. The molecule has 2 aliphatic rings. The first-order valence-corrected chi connectivity index (χ1v) is 8.36. The Labute approximate surface area is 140 Å². The van der Waals surface area contributed by atoms with Crippen LogP contribution in [0.5, 0.6) is 5.75 Å². The Morgan fingerprint density at radius 1 is 1.21 bits per heavy atom. The van der Waals surface area contributed by atoms with Gasteiger partial charge in [-0.15, -0.1) is 0 Å². The van der Waals surface area contributed by atoms with Crippen LogP contribution in [-0.2, 0) is 10.2 Å². The van der Waals surface area contributed by atoms with E-state index in [-0.39, 0.29) is 38.1 Å². The lowest BCUT2D eigenvalue weighted by Gasteiger charge is -2.41. The van der Waals surface area contributed by atoms with Crippen LogP contribution in [-0.4, -0.2) is 48.1 Å². The van der Waals surface area contributed by atoms with E-state index < -0.39 is 17.4 Å². The van der Waals surface area contributed by atoms with Gasteiger partial charge in [-0.2, -0.15) is 0 Å². The maximum Gasteiger partial charge on any atom is 0.248 e. The molecule has 1 aliphatic carbocycles. The van der Waals surface area contributed by atoms with Crippen LogP contribution < -0.4 is 4.74 Å². The number of aliphatic hydroxyl groups is 1. The fourth-order valence-corrected chi connectivity index (χ4v) is 3.81. The first kappa shape index (κ1) is 17.1. The molecule has 1 aromatic carbocycles. The highest BCUT2D eigenvalue weighted by Crippen LogP contribution is 2.47. The average Bonchev–Trinajstić information content (AvgIpc) is 3.01. The molecule has 1 aromatic rings. The lowest BCUT2D eigenvalue weighted by molar-refractivity contribution is -0.142. The quantitative estimate of drug-likeness (QED) is 0.921. The van der Waals surface area contributed by atoms with Gasteiger partial charge in [0.25, 0.3) is 0 Å². The van der Waals surface area contributed by atoms with Crippen LogP contribution in [0.1, 0.15) is 37.7 Å². The number of amides is 1. The van der Waals surface area contributed by atoms with Crippen LogP contribution in [0, 0.1) is 0 Å². The van der Waals surface area contributed by atoms with Gasteiger partial charge < -0.3 is 14.7 Å². The van der Waals surface area contributed by atoms with Crippen LogP contribution in [0.4, 0.5) is 8.78 Å². The smallest absolute Gasteiger partial charge is 0.248 e. The maximum absolute atomic E-state index is 13.7. The summed E-state index contributed by atoms with van der Waals surface area (Å²) in [5.41, 5.74) is -0.178. The van der Waals surface area contributed by atoms with E-state index >= 15 is 0 Å². The van der Waals surface area contributed by atoms with Crippen molar-refractivity contribution in [3.05, 3.63) is 29.8 Å². The Bertz CT molecular complexity index is 593. The molecule has 0 radical (unpaired) electrons. The van der Waals surface area contributed by atoms with Crippen LogP contribution in [0.15, 0.2) is 24.3 Å². The molecule has 1 unspecified atom stereocenters. The van der Waals surface area contributed by atoms with Crippen molar-refractivity contribution in [2.75, 3.05) is 20.2 Å². The van der Waals surface area contributed by atoms with Gasteiger partial charge in [-0.25, -0.2) is 8.78 Å². The molecular weight excluding hydrogens is 316 g/mol. The van der Waals surface area contributed by atoms with Gasteiger partial charge in [-0.1, -0.05) is 12.1 Å². The molecule has 1 N–H and O–H groups in total. The number of carbonyl (C=O) groups is 1. The number of β-amino-alcohol motifs (C(OH)–C–C–N with tert-alkyl or cyclic N) is 1. The summed E-state index contributed by atoms with van der Waals surface area (Å²) in [5.74, 6) is -2.18. The number of nitrogens with zero attached hydrogens (tertiary/aromatic N) is 1. The van der Waals surface area contributed by atoms with Gasteiger partial charge in [0.1, 0.15) is 5.75 Å². The summed E-state index contributed by atoms with van der Waals surface area (Å²) in [6.07, 6.45) is -0.315. The van der Waals surface area contributed by atoms with Gasteiger partial charge >= 0.3 is 0 Å². The van der Waals surface area contributed by atoms with Crippen molar-refractivity contribution in [2.24, 2.45) is 0 Å². The van der Waals surface area contributed by atoms with E-state index in [1.54, 1.807) is 36.3 Å². The molecule has 3 rings (SSSR count). The molecule has 6 heteroatoms. The number of benzene rings is 1. The summed E-state index contributed by atoms with van der Waals surface area (Å²) in [7, 11) is 1.56. The van der Waals surface area contributed by atoms with Gasteiger partial charge in [0, 0.05) is 25.9 Å². The van der Waals surface area contributed by atoms with Gasteiger partial charge in [0.15, 0.2) is 0 Å². The predicted molar refractivity (Wildman–Crippen MR) is 85.3 cm³/mol. The number of alkyl halides is 2. The molecular formula is C18H23F2NO3. The summed E-state index contributed by atoms with van der Waals surface area (Å²) < 4.78 is 32.5. The van der Waals surface area contributed by atoms with Crippen molar-refractivity contribution in [3.63, 3.8) is 0 Å². The minimum absolute atomic E-state index is 0.123. The van der Waals surface area contributed by atoms with Gasteiger partial charge in [-0.3, -0.25) is 4.79 Å². The molecule has 4 nitrogen and oxygen atoms in total. The van der Waals surface area contributed by atoms with E-state index in [1.807, 2.05) is 0 Å². The fourth-order valence-electron chi connectivity index (χ4n) is 3.81. The molecule has 1 heterocycles. The van der Waals surface area contributed by atoms with Gasteiger partial charge in [-0.05, 0) is 37.0 Å². The fraction of sp³-hybridized carbons (Fsp3) is 0.611. The van der Waals surface area contributed by atoms with Crippen molar-refractivity contribution in [1.29, 1.82) is 0 Å². The largest absolute Gasteiger partial charge is 0.497 e. The van der Waals surface area contributed by atoms with Crippen molar-refractivity contribution in [2.45, 2.75) is 49.5 Å². The zero-order chi connectivity index (χ0) is 17.4. The molecule has 1 amide bonds. The number of ether oxygens (including phenoxy) is 1. The van der Waals surface area contributed by atoms with Crippen LogP contribution in [0.2, 0.25) is 0 Å². The summed E-state index contributed by atoms with van der Waals surface area (Å²) in [6, 6.07) is 7.12. The molecule has 0 bridgehead atoms. The van der Waals surface area contributed by atoms with E-state index in [1.165, 1.54) is 0 Å². The van der Waals surface area contributed by atoms with E-state index in [0.29, 0.717) is 18.7 Å². The molecule has 1 saturated heterocycles. The van der Waals surface area contributed by atoms with Gasteiger partial charge in [0.05, 0.1) is 18.6 Å². The molecule has 1 atom stereocenters. The van der Waals surface area contributed by atoms with E-state index in [9.17, 15) is 18.7 Å². The van der Waals surface area contributed by atoms with Crippen molar-refractivity contribution < 1.29 is 23.4 Å². The molecule has 132 valence electrons. The first-order valence-electron chi connectivity index (χ1n) is 8.36. The highest BCUT2D eigenvalue weighted by atomic mass is 19.3. The second kappa shape index (κ2) is 6.31. The average molecular weight is 339 g/mol. The zero-order valence-electron chi connectivity index (χ0n) is 13.8. The Morgan fingerprint density at radius 3 is 2.33 bits per heavy atom. The number of carbonyl (C=O) groups excluding carboxylic acids is 1. The molecule has 1 aliphatic heterocycles. The molecule has 1 saturated carbocycles. The molecule has 24 heavy (non-hydrogen) atoms. The minimum atomic E-state index is -2.71. The van der Waals surface area contributed by atoms with Crippen molar-refractivity contribution >= 4 is 5.91 Å². The zero-order valence-corrected chi connectivity index (χ0v) is 13.8. The van der Waals surface area contributed by atoms with E-state index in [2.05, 4.69) is 0 Å². The number of hydrogen-bond acceptors (Lipinski definition) is 3. The lowest BCUT2D eigenvalue weighted by Crippen LogP contribution is -2.50. The monoisotopic (exact) mass is 339 g/mol. The topological polar surface area (TPSA) is 49.8 Å². The van der Waals surface area contributed by atoms with E-state index in [4.69, 9.17) is 4.74 Å². The molecule has 0 aromatic heterocycles. The predicted octanol–water partition coefficient (Wildman–Crippen LogP) is 2.74. The highest BCUT2D eigenvalue weighted by molar-refractivity contribution is 5.88. The molecule has 0 spiro atoms. The summed E-state index contributed by atoms with van der Waals surface area (Å²) >= 11 is 0. The summed E-state index contributed by atoms with van der Waals surface area (Å²) in [6.45, 7) is 0.765. The third-order valence-electron chi connectivity index (χ3n) is 5.34. The van der Waals surface area contributed by atoms with E-state index in [0.717, 1.165) is 5.56 Å². The highest BCUT2D eigenvalue weighted by Gasteiger charge is 2.50. The number of methoxy groups -OCH3 is 1. The first-order chi connectivity index (χ1) is 11.4. The Balaban J connectivity index is 1.93. The molecule has 2 fully saturated rings. The number of halogens is 2. The van der Waals surface area contributed by atoms with Crippen LogP contribution in [0.25, 0.3) is 0 Å². The van der Waals surface area contributed by atoms with Crippen LogP contribution in [0.3, 0.4) is 0 Å².